The Morgan fingerprint density at radius 3 is 2.52 bits per heavy atom. The van der Waals surface area contributed by atoms with Gasteiger partial charge in [0.25, 0.3) is 5.91 Å². The third-order valence-corrected chi connectivity index (χ3v) is 5.16. The van der Waals surface area contributed by atoms with E-state index in [4.69, 9.17) is 33.7 Å². The number of fused-ring (bicyclic) bond motifs is 1. The molecule has 128 valence electrons. The Hall–Kier alpha value is -0.680. The number of rotatable bonds is 3. The van der Waals surface area contributed by atoms with Crippen molar-refractivity contribution in [1.82, 2.24) is 4.90 Å². The summed E-state index contributed by atoms with van der Waals surface area (Å²) < 4.78 is 5.71. The summed E-state index contributed by atoms with van der Waals surface area (Å²) in [6, 6.07) is 5.18. The topological polar surface area (TPSA) is 55.6 Å². The smallest absolute Gasteiger partial charge is 0.263 e. The first kappa shape index (κ1) is 18.7. The molecule has 1 aromatic carbocycles. The second-order valence-electron chi connectivity index (χ2n) is 6.27. The fourth-order valence-corrected chi connectivity index (χ4v) is 4.10. The molecule has 1 aliphatic carbocycles. The average molecular weight is 380 g/mol. The Bertz CT molecular complexity index is 564. The normalized spacial score (nSPS) is 27.3. The summed E-state index contributed by atoms with van der Waals surface area (Å²) in [6.45, 7) is 3.29. The molecule has 7 heteroatoms. The number of carbonyl (C=O) groups excluding carboxylic acids is 1. The van der Waals surface area contributed by atoms with Crippen LogP contribution < -0.4 is 10.5 Å². The van der Waals surface area contributed by atoms with Crippen LogP contribution in [0, 0.1) is 11.8 Å². The van der Waals surface area contributed by atoms with Crippen LogP contribution in [0.2, 0.25) is 10.0 Å². The lowest BCUT2D eigenvalue weighted by atomic mass is 9.98. The van der Waals surface area contributed by atoms with Crippen LogP contribution in [0.25, 0.3) is 0 Å². The van der Waals surface area contributed by atoms with Crippen molar-refractivity contribution in [3.63, 3.8) is 0 Å². The largest absolute Gasteiger partial charge is 0.481 e. The van der Waals surface area contributed by atoms with Gasteiger partial charge < -0.3 is 15.4 Å². The molecular weight excluding hydrogens is 359 g/mol. The van der Waals surface area contributed by atoms with Gasteiger partial charge in [-0.1, -0.05) is 23.2 Å². The van der Waals surface area contributed by atoms with Gasteiger partial charge in [0.1, 0.15) is 5.75 Å². The number of benzene rings is 1. The predicted octanol–water partition coefficient (Wildman–Crippen LogP) is 3.38. The second-order valence-corrected chi connectivity index (χ2v) is 7.15. The third-order valence-electron chi connectivity index (χ3n) is 4.72. The van der Waals surface area contributed by atoms with E-state index in [0.717, 1.165) is 25.9 Å². The fourth-order valence-electron chi connectivity index (χ4n) is 3.60. The predicted molar refractivity (Wildman–Crippen MR) is 94.6 cm³/mol. The molecule has 0 bridgehead atoms. The maximum absolute atomic E-state index is 12.6. The first-order valence-electron chi connectivity index (χ1n) is 7.61. The van der Waals surface area contributed by atoms with Crippen molar-refractivity contribution in [1.29, 1.82) is 0 Å². The van der Waals surface area contributed by atoms with Crippen molar-refractivity contribution in [2.45, 2.75) is 31.9 Å². The minimum atomic E-state index is -0.565. The van der Waals surface area contributed by atoms with Gasteiger partial charge in [0, 0.05) is 29.2 Å². The minimum absolute atomic E-state index is 0. The molecule has 1 saturated heterocycles. The van der Waals surface area contributed by atoms with Gasteiger partial charge in [-0.2, -0.15) is 0 Å². The van der Waals surface area contributed by atoms with Crippen molar-refractivity contribution in [2.75, 3.05) is 13.1 Å². The Morgan fingerprint density at radius 1 is 1.26 bits per heavy atom. The average Bonchev–Trinajstić information content (AvgIpc) is 2.99. The number of nitrogens with zero attached hydrogens (tertiary/aromatic N) is 1. The van der Waals surface area contributed by atoms with Gasteiger partial charge >= 0.3 is 0 Å². The van der Waals surface area contributed by atoms with E-state index in [2.05, 4.69) is 0 Å². The van der Waals surface area contributed by atoms with Crippen LogP contribution in [0.5, 0.6) is 5.75 Å². The molecule has 0 spiro atoms. The molecule has 0 aromatic heterocycles. The Morgan fingerprint density at radius 2 is 1.91 bits per heavy atom. The molecule has 3 rings (SSSR count). The minimum Gasteiger partial charge on any atom is -0.481 e. The third kappa shape index (κ3) is 4.05. The molecule has 2 fully saturated rings. The molecule has 1 heterocycles. The number of ether oxygens (including phenoxy) is 1. The highest BCUT2D eigenvalue weighted by atomic mass is 35.5. The van der Waals surface area contributed by atoms with Crippen molar-refractivity contribution < 1.29 is 9.53 Å². The molecule has 23 heavy (non-hydrogen) atoms. The summed E-state index contributed by atoms with van der Waals surface area (Å²) in [5, 5.41) is 0.979. The summed E-state index contributed by atoms with van der Waals surface area (Å²) in [7, 11) is 0. The zero-order chi connectivity index (χ0) is 15.9. The maximum atomic E-state index is 12.6. The summed E-state index contributed by atoms with van der Waals surface area (Å²) in [6.07, 6.45) is 1.63. The van der Waals surface area contributed by atoms with E-state index in [1.54, 1.807) is 25.1 Å². The lowest BCUT2D eigenvalue weighted by Crippen LogP contribution is -2.40. The molecule has 0 radical (unpaired) electrons. The van der Waals surface area contributed by atoms with Crippen LogP contribution in [0.1, 0.15) is 19.8 Å². The number of amides is 1. The van der Waals surface area contributed by atoms with Crippen molar-refractivity contribution in [3.8, 4) is 5.75 Å². The zero-order valence-electron chi connectivity index (χ0n) is 12.9. The highest BCUT2D eigenvalue weighted by molar-refractivity contribution is 6.34. The molecular formula is C16H21Cl3N2O2. The monoisotopic (exact) mass is 378 g/mol. The molecule has 4 unspecified atom stereocenters. The van der Waals surface area contributed by atoms with E-state index in [1.807, 2.05) is 4.90 Å². The van der Waals surface area contributed by atoms with E-state index < -0.39 is 6.10 Å². The zero-order valence-corrected chi connectivity index (χ0v) is 15.2. The molecule has 1 saturated carbocycles. The van der Waals surface area contributed by atoms with Crippen molar-refractivity contribution in [2.24, 2.45) is 17.6 Å². The maximum Gasteiger partial charge on any atom is 0.263 e. The summed E-state index contributed by atoms with van der Waals surface area (Å²) >= 11 is 11.9. The van der Waals surface area contributed by atoms with Crippen LogP contribution in [0.4, 0.5) is 0 Å². The van der Waals surface area contributed by atoms with Gasteiger partial charge in [0.15, 0.2) is 6.10 Å². The van der Waals surface area contributed by atoms with E-state index >= 15 is 0 Å². The SMILES string of the molecule is CC(Oc1cc(Cl)cc(Cl)c1)C(=O)N1CC2CCC(N)C2C1.Cl. The number of halogens is 3. The van der Waals surface area contributed by atoms with Crippen molar-refractivity contribution >= 4 is 41.5 Å². The van der Waals surface area contributed by atoms with Crippen LogP contribution in [-0.2, 0) is 4.79 Å². The summed E-state index contributed by atoms with van der Waals surface area (Å²) in [4.78, 5) is 14.4. The lowest BCUT2D eigenvalue weighted by Gasteiger charge is -2.23. The standard InChI is InChI=1S/C16H20Cl2N2O2.ClH/c1-9(22-13-5-11(17)4-12(18)6-13)16(21)20-7-10-2-3-15(19)14(10)8-20;/h4-6,9-10,14-15H,2-3,7-8,19H2,1H3;1H. The van der Waals surface area contributed by atoms with Gasteiger partial charge in [-0.3, -0.25) is 4.79 Å². The Balaban J connectivity index is 0.00000192. The number of hydrogen-bond acceptors (Lipinski definition) is 3. The number of carbonyl (C=O) groups is 1. The van der Waals surface area contributed by atoms with Gasteiger partial charge in [-0.15, -0.1) is 12.4 Å². The number of likely N-dealkylation sites (tertiary alicyclic amines) is 1. The highest BCUT2D eigenvalue weighted by Crippen LogP contribution is 2.37. The first-order valence-corrected chi connectivity index (χ1v) is 8.36. The summed E-state index contributed by atoms with van der Waals surface area (Å²) in [5.74, 6) is 1.50. The van der Waals surface area contributed by atoms with E-state index in [-0.39, 0.29) is 24.4 Å². The molecule has 4 nitrogen and oxygen atoms in total. The van der Waals surface area contributed by atoms with Gasteiger partial charge in [0.05, 0.1) is 0 Å². The molecule has 1 amide bonds. The van der Waals surface area contributed by atoms with Crippen LogP contribution in [0.15, 0.2) is 18.2 Å². The van der Waals surface area contributed by atoms with Gasteiger partial charge in [-0.05, 0) is 49.8 Å². The molecule has 1 aliphatic heterocycles. The van der Waals surface area contributed by atoms with E-state index in [0.29, 0.717) is 27.6 Å². The molecule has 2 N–H and O–H groups in total. The quantitative estimate of drug-likeness (QED) is 0.876. The first-order chi connectivity index (χ1) is 10.4. The van der Waals surface area contributed by atoms with Gasteiger partial charge in [0.2, 0.25) is 0 Å². The van der Waals surface area contributed by atoms with Crippen LogP contribution in [-0.4, -0.2) is 36.0 Å². The summed E-state index contributed by atoms with van der Waals surface area (Å²) in [5.41, 5.74) is 6.12. The molecule has 2 aliphatic rings. The van der Waals surface area contributed by atoms with E-state index in [1.165, 1.54) is 0 Å². The molecule has 4 atom stereocenters. The molecule has 1 aromatic rings. The van der Waals surface area contributed by atoms with Crippen molar-refractivity contribution in [3.05, 3.63) is 28.2 Å². The Labute approximate surface area is 152 Å². The van der Waals surface area contributed by atoms with Crippen LogP contribution in [0.3, 0.4) is 0 Å². The van der Waals surface area contributed by atoms with Gasteiger partial charge in [-0.25, -0.2) is 0 Å². The Kier molecular flexibility index (Phi) is 6.06. The fraction of sp³-hybridized carbons (Fsp3) is 0.562. The van der Waals surface area contributed by atoms with E-state index in [9.17, 15) is 4.79 Å². The highest BCUT2D eigenvalue weighted by Gasteiger charge is 2.43. The number of hydrogen-bond donors (Lipinski definition) is 1. The second kappa shape index (κ2) is 7.47. The van der Waals surface area contributed by atoms with Crippen LogP contribution >= 0.6 is 35.6 Å². The lowest BCUT2D eigenvalue weighted by molar-refractivity contribution is -0.137. The number of nitrogens with two attached hydrogens (primary N) is 1.